The van der Waals surface area contributed by atoms with Crippen LogP contribution in [0.2, 0.25) is 0 Å². The molecule has 3 heterocycles. The molecule has 2 aromatic heterocycles. The van der Waals surface area contributed by atoms with Crippen LogP contribution in [0.4, 0.5) is 10.2 Å². The standard InChI is InChI=1S/C20H24FN5O/c1-15-12-19(22-6-3-7-25-8-10-27-11-9-25)26-20(23-15)14-18(24-26)16-4-2-5-17(21)13-16/h2,4-5,12-14,22H,3,6-11H2,1H3. The number of nitrogens with one attached hydrogen (secondary N) is 1. The molecule has 6 nitrogen and oxygen atoms in total. The van der Waals surface area contributed by atoms with Crippen molar-refractivity contribution in [2.45, 2.75) is 13.3 Å². The number of morpholine rings is 1. The molecule has 4 rings (SSSR count). The van der Waals surface area contributed by atoms with Crippen LogP contribution in [0.3, 0.4) is 0 Å². The number of anilines is 1. The third kappa shape index (κ3) is 4.26. The van der Waals surface area contributed by atoms with E-state index >= 15 is 0 Å². The SMILES string of the molecule is Cc1cc(NCCCN2CCOCC2)n2nc(-c3cccc(F)c3)cc2n1. The molecule has 1 saturated heterocycles. The van der Waals surface area contributed by atoms with Crippen LogP contribution < -0.4 is 5.32 Å². The average Bonchev–Trinajstić information content (AvgIpc) is 3.10. The first kappa shape index (κ1) is 17.9. The van der Waals surface area contributed by atoms with E-state index in [4.69, 9.17) is 4.74 Å². The fourth-order valence-electron chi connectivity index (χ4n) is 3.36. The minimum Gasteiger partial charge on any atom is -0.379 e. The Morgan fingerprint density at radius 1 is 1.19 bits per heavy atom. The van der Waals surface area contributed by atoms with E-state index in [0.29, 0.717) is 5.69 Å². The Labute approximate surface area is 158 Å². The number of ether oxygens (including phenoxy) is 1. The van der Waals surface area contributed by atoms with Gasteiger partial charge in [-0.15, -0.1) is 0 Å². The molecule has 0 spiro atoms. The Morgan fingerprint density at radius 3 is 2.85 bits per heavy atom. The number of hydrogen-bond acceptors (Lipinski definition) is 5. The van der Waals surface area contributed by atoms with Crippen molar-refractivity contribution in [3.63, 3.8) is 0 Å². The van der Waals surface area contributed by atoms with Gasteiger partial charge in [0.25, 0.3) is 0 Å². The van der Waals surface area contributed by atoms with E-state index in [1.54, 1.807) is 10.6 Å². The van der Waals surface area contributed by atoms with Gasteiger partial charge in [0.05, 0.1) is 18.9 Å². The van der Waals surface area contributed by atoms with E-state index in [1.807, 2.05) is 25.1 Å². The molecular formula is C20H24FN5O. The lowest BCUT2D eigenvalue weighted by Crippen LogP contribution is -2.37. The van der Waals surface area contributed by atoms with Crippen molar-refractivity contribution in [1.82, 2.24) is 19.5 Å². The van der Waals surface area contributed by atoms with Gasteiger partial charge < -0.3 is 10.1 Å². The zero-order chi connectivity index (χ0) is 18.6. The van der Waals surface area contributed by atoms with Gasteiger partial charge in [-0.25, -0.2) is 9.37 Å². The van der Waals surface area contributed by atoms with Crippen molar-refractivity contribution >= 4 is 11.5 Å². The summed E-state index contributed by atoms with van der Waals surface area (Å²) in [6, 6.07) is 10.4. The van der Waals surface area contributed by atoms with E-state index in [1.165, 1.54) is 12.1 Å². The van der Waals surface area contributed by atoms with Crippen LogP contribution in [0, 0.1) is 12.7 Å². The first-order valence-corrected chi connectivity index (χ1v) is 9.36. The van der Waals surface area contributed by atoms with Crippen LogP contribution in [0.15, 0.2) is 36.4 Å². The zero-order valence-electron chi connectivity index (χ0n) is 15.5. The summed E-state index contributed by atoms with van der Waals surface area (Å²) in [7, 11) is 0. The predicted molar refractivity (Wildman–Crippen MR) is 103 cm³/mol. The number of halogens is 1. The minimum atomic E-state index is -0.268. The second kappa shape index (κ2) is 8.02. The smallest absolute Gasteiger partial charge is 0.158 e. The van der Waals surface area contributed by atoms with E-state index in [2.05, 4.69) is 20.3 Å². The fourth-order valence-corrected chi connectivity index (χ4v) is 3.36. The lowest BCUT2D eigenvalue weighted by Gasteiger charge is -2.26. The molecule has 1 aliphatic rings. The predicted octanol–water partition coefficient (Wildman–Crippen LogP) is 2.98. The van der Waals surface area contributed by atoms with E-state index < -0.39 is 0 Å². The van der Waals surface area contributed by atoms with Crippen molar-refractivity contribution < 1.29 is 9.13 Å². The Balaban J connectivity index is 1.48. The van der Waals surface area contributed by atoms with Gasteiger partial charge in [0.1, 0.15) is 11.6 Å². The maximum absolute atomic E-state index is 13.5. The monoisotopic (exact) mass is 369 g/mol. The summed E-state index contributed by atoms with van der Waals surface area (Å²) in [5.41, 5.74) is 3.13. The summed E-state index contributed by atoms with van der Waals surface area (Å²) < 4.78 is 20.7. The van der Waals surface area contributed by atoms with E-state index in [0.717, 1.165) is 68.5 Å². The highest BCUT2D eigenvalue weighted by molar-refractivity contribution is 5.65. The quantitative estimate of drug-likeness (QED) is 0.677. The van der Waals surface area contributed by atoms with Gasteiger partial charge in [-0.1, -0.05) is 12.1 Å². The molecule has 1 fully saturated rings. The second-order valence-corrected chi connectivity index (χ2v) is 6.83. The van der Waals surface area contributed by atoms with E-state index in [-0.39, 0.29) is 5.82 Å². The van der Waals surface area contributed by atoms with Gasteiger partial charge in [0.2, 0.25) is 0 Å². The molecule has 27 heavy (non-hydrogen) atoms. The van der Waals surface area contributed by atoms with Crippen LogP contribution in [0.25, 0.3) is 16.9 Å². The Kier molecular flexibility index (Phi) is 5.31. The summed E-state index contributed by atoms with van der Waals surface area (Å²) in [4.78, 5) is 6.98. The Hall–Kier alpha value is -2.51. The van der Waals surface area contributed by atoms with Gasteiger partial charge in [0.15, 0.2) is 5.65 Å². The highest BCUT2D eigenvalue weighted by atomic mass is 19.1. The molecule has 1 aliphatic heterocycles. The molecule has 0 aliphatic carbocycles. The van der Waals surface area contributed by atoms with Crippen LogP contribution in [0.1, 0.15) is 12.1 Å². The van der Waals surface area contributed by atoms with Crippen molar-refractivity contribution in [2.75, 3.05) is 44.7 Å². The van der Waals surface area contributed by atoms with Crippen LogP contribution in [-0.2, 0) is 4.74 Å². The third-order valence-electron chi connectivity index (χ3n) is 4.74. The molecule has 0 bridgehead atoms. The number of rotatable bonds is 6. The number of aryl methyl sites for hydroxylation is 1. The summed E-state index contributed by atoms with van der Waals surface area (Å²) in [5.74, 6) is 0.636. The zero-order valence-corrected chi connectivity index (χ0v) is 15.5. The van der Waals surface area contributed by atoms with Gasteiger partial charge in [-0.3, -0.25) is 4.90 Å². The first-order valence-electron chi connectivity index (χ1n) is 9.36. The van der Waals surface area contributed by atoms with Gasteiger partial charge in [-0.2, -0.15) is 9.61 Å². The Bertz CT molecular complexity index is 920. The number of aromatic nitrogens is 3. The molecule has 3 aromatic rings. The molecule has 0 unspecified atom stereocenters. The number of benzene rings is 1. The normalized spacial score (nSPS) is 15.3. The lowest BCUT2D eigenvalue weighted by atomic mass is 10.1. The molecule has 0 amide bonds. The largest absolute Gasteiger partial charge is 0.379 e. The maximum atomic E-state index is 13.5. The molecular weight excluding hydrogens is 345 g/mol. The summed E-state index contributed by atoms with van der Waals surface area (Å²) >= 11 is 0. The van der Waals surface area contributed by atoms with Crippen LogP contribution in [-0.4, -0.2) is 58.9 Å². The number of hydrogen-bond donors (Lipinski definition) is 1. The second-order valence-electron chi connectivity index (χ2n) is 6.83. The molecule has 7 heteroatoms. The molecule has 142 valence electrons. The first-order chi connectivity index (χ1) is 13.2. The van der Waals surface area contributed by atoms with E-state index in [9.17, 15) is 4.39 Å². The summed E-state index contributed by atoms with van der Waals surface area (Å²) in [5, 5.41) is 8.10. The maximum Gasteiger partial charge on any atom is 0.158 e. The molecule has 0 saturated carbocycles. The summed E-state index contributed by atoms with van der Waals surface area (Å²) in [6.45, 7) is 7.54. The van der Waals surface area contributed by atoms with Gasteiger partial charge in [-0.05, 0) is 32.0 Å². The van der Waals surface area contributed by atoms with Crippen LogP contribution in [0.5, 0.6) is 0 Å². The molecule has 1 N–H and O–H groups in total. The van der Waals surface area contributed by atoms with Crippen molar-refractivity contribution in [2.24, 2.45) is 0 Å². The average molecular weight is 369 g/mol. The van der Waals surface area contributed by atoms with Crippen molar-refractivity contribution in [1.29, 1.82) is 0 Å². The van der Waals surface area contributed by atoms with Gasteiger partial charge >= 0.3 is 0 Å². The topological polar surface area (TPSA) is 54.7 Å². The fraction of sp³-hybridized carbons (Fsp3) is 0.400. The molecule has 0 radical (unpaired) electrons. The highest BCUT2D eigenvalue weighted by Crippen LogP contribution is 2.22. The summed E-state index contributed by atoms with van der Waals surface area (Å²) in [6.07, 6.45) is 1.04. The minimum absolute atomic E-state index is 0.268. The molecule has 1 aromatic carbocycles. The lowest BCUT2D eigenvalue weighted by molar-refractivity contribution is 0.0378. The molecule has 0 atom stereocenters. The van der Waals surface area contributed by atoms with Gasteiger partial charge in [0, 0.05) is 43.0 Å². The number of nitrogens with zero attached hydrogens (tertiary/aromatic N) is 4. The van der Waals surface area contributed by atoms with Crippen LogP contribution >= 0.6 is 0 Å². The third-order valence-corrected chi connectivity index (χ3v) is 4.74. The van der Waals surface area contributed by atoms with Crippen molar-refractivity contribution in [3.8, 4) is 11.3 Å². The Morgan fingerprint density at radius 2 is 2.04 bits per heavy atom. The highest BCUT2D eigenvalue weighted by Gasteiger charge is 2.12. The number of fused-ring (bicyclic) bond motifs is 1. The van der Waals surface area contributed by atoms with Crippen molar-refractivity contribution in [3.05, 3.63) is 47.9 Å².